The standard InChI is InChI=1S/C18H28N4O2/c1-18(2,3)11-13(12-23)20-17(24)19-10-6-9-16-21-14-7-4-5-8-15(14)22-16/h4-5,7-8,13,23H,6,9-12H2,1-3H3,(H,21,22)(H2,19,20,24). The maximum atomic E-state index is 11.9. The zero-order chi connectivity index (χ0) is 17.6. The number of H-pyrrole nitrogens is 1. The zero-order valence-electron chi connectivity index (χ0n) is 14.7. The number of fused-ring (bicyclic) bond motifs is 1. The Morgan fingerprint density at radius 3 is 2.75 bits per heavy atom. The summed E-state index contributed by atoms with van der Waals surface area (Å²) in [6.07, 6.45) is 2.31. The van der Waals surface area contributed by atoms with Gasteiger partial charge >= 0.3 is 6.03 Å². The maximum absolute atomic E-state index is 11.9. The maximum Gasteiger partial charge on any atom is 0.315 e. The molecule has 4 N–H and O–H groups in total. The molecule has 0 spiro atoms. The minimum absolute atomic E-state index is 0.0519. The molecule has 132 valence electrons. The molecule has 0 aliphatic heterocycles. The number of carbonyl (C=O) groups is 1. The molecule has 2 rings (SSSR count). The average Bonchev–Trinajstić information content (AvgIpc) is 2.92. The van der Waals surface area contributed by atoms with Crippen LogP contribution in [0, 0.1) is 5.41 Å². The van der Waals surface area contributed by atoms with Crippen molar-refractivity contribution in [3.05, 3.63) is 30.1 Å². The lowest BCUT2D eigenvalue weighted by Crippen LogP contribution is -2.45. The minimum atomic E-state index is -0.233. The van der Waals surface area contributed by atoms with Crippen molar-refractivity contribution in [1.82, 2.24) is 20.6 Å². The van der Waals surface area contributed by atoms with Gasteiger partial charge in [-0.15, -0.1) is 0 Å². The highest BCUT2D eigenvalue weighted by Gasteiger charge is 2.19. The first-order valence-corrected chi connectivity index (χ1v) is 8.46. The van der Waals surface area contributed by atoms with Gasteiger partial charge in [-0.2, -0.15) is 0 Å². The highest BCUT2D eigenvalue weighted by atomic mass is 16.3. The lowest BCUT2D eigenvalue weighted by molar-refractivity contribution is 0.191. The van der Waals surface area contributed by atoms with Crippen LogP contribution in [0.25, 0.3) is 11.0 Å². The Bertz CT molecular complexity index is 627. The predicted octanol–water partition coefficient (Wildman–Crippen LogP) is 2.59. The average molecular weight is 332 g/mol. The van der Waals surface area contributed by atoms with Crippen LogP contribution in [0.3, 0.4) is 0 Å². The lowest BCUT2D eigenvalue weighted by Gasteiger charge is -2.25. The quantitative estimate of drug-likeness (QED) is 0.588. The number of aromatic amines is 1. The third-order valence-corrected chi connectivity index (χ3v) is 3.73. The molecule has 0 saturated carbocycles. The number of amides is 2. The fourth-order valence-corrected chi connectivity index (χ4v) is 2.72. The van der Waals surface area contributed by atoms with Gasteiger partial charge in [0.2, 0.25) is 0 Å². The molecule has 2 aromatic rings. The van der Waals surface area contributed by atoms with E-state index in [0.29, 0.717) is 6.54 Å². The summed E-state index contributed by atoms with van der Waals surface area (Å²) in [7, 11) is 0. The van der Waals surface area contributed by atoms with Crippen molar-refractivity contribution >= 4 is 17.1 Å². The van der Waals surface area contributed by atoms with Gasteiger partial charge in [-0.1, -0.05) is 32.9 Å². The molecule has 24 heavy (non-hydrogen) atoms. The molecular weight excluding hydrogens is 304 g/mol. The Morgan fingerprint density at radius 1 is 1.33 bits per heavy atom. The highest BCUT2D eigenvalue weighted by Crippen LogP contribution is 2.20. The number of aryl methyl sites for hydroxylation is 1. The van der Waals surface area contributed by atoms with Gasteiger partial charge in [0.15, 0.2) is 0 Å². The molecule has 1 atom stereocenters. The van der Waals surface area contributed by atoms with Gasteiger partial charge in [-0.25, -0.2) is 9.78 Å². The predicted molar refractivity (Wildman–Crippen MR) is 95.9 cm³/mol. The summed E-state index contributed by atoms with van der Waals surface area (Å²) >= 11 is 0. The van der Waals surface area contributed by atoms with Crippen molar-refractivity contribution in [2.24, 2.45) is 5.41 Å². The first kappa shape index (κ1) is 18.3. The minimum Gasteiger partial charge on any atom is -0.394 e. The number of urea groups is 1. The van der Waals surface area contributed by atoms with Gasteiger partial charge in [0.1, 0.15) is 5.82 Å². The van der Waals surface area contributed by atoms with Crippen molar-refractivity contribution < 1.29 is 9.90 Å². The van der Waals surface area contributed by atoms with E-state index < -0.39 is 0 Å². The van der Waals surface area contributed by atoms with Gasteiger partial charge in [0.25, 0.3) is 0 Å². The Kier molecular flexibility index (Phi) is 6.20. The van der Waals surface area contributed by atoms with Crippen LogP contribution in [0.4, 0.5) is 4.79 Å². The number of hydrogen-bond acceptors (Lipinski definition) is 3. The molecule has 1 unspecified atom stereocenters. The van der Waals surface area contributed by atoms with Gasteiger partial charge < -0.3 is 20.7 Å². The molecule has 1 aromatic carbocycles. The van der Waals surface area contributed by atoms with Crippen molar-refractivity contribution in [2.75, 3.05) is 13.2 Å². The van der Waals surface area contributed by atoms with E-state index >= 15 is 0 Å². The van der Waals surface area contributed by atoms with Crippen LogP contribution in [-0.2, 0) is 6.42 Å². The van der Waals surface area contributed by atoms with Crippen molar-refractivity contribution in [3.8, 4) is 0 Å². The Hall–Kier alpha value is -2.08. The molecule has 0 aliphatic rings. The van der Waals surface area contributed by atoms with Gasteiger partial charge in [-0.3, -0.25) is 0 Å². The van der Waals surface area contributed by atoms with Gasteiger partial charge in [-0.05, 0) is 30.4 Å². The smallest absolute Gasteiger partial charge is 0.315 e. The molecule has 0 aliphatic carbocycles. The van der Waals surface area contributed by atoms with E-state index in [1.165, 1.54) is 0 Å². The fraction of sp³-hybridized carbons (Fsp3) is 0.556. The highest BCUT2D eigenvalue weighted by molar-refractivity contribution is 5.75. The third-order valence-electron chi connectivity index (χ3n) is 3.73. The number of aliphatic hydroxyl groups excluding tert-OH is 1. The van der Waals surface area contributed by atoms with E-state index in [0.717, 1.165) is 36.1 Å². The lowest BCUT2D eigenvalue weighted by atomic mass is 9.88. The molecule has 0 fully saturated rings. The molecule has 1 aromatic heterocycles. The number of rotatable bonds is 7. The molecule has 0 bridgehead atoms. The fourth-order valence-electron chi connectivity index (χ4n) is 2.72. The van der Waals surface area contributed by atoms with Crippen LogP contribution in [0.15, 0.2) is 24.3 Å². The largest absolute Gasteiger partial charge is 0.394 e. The second-order valence-corrected chi connectivity index (χ2v) is 7.35. The molecule has 6 nitrogen and oxygen atoms in total. The van der Waals surface area contributed by atoms with E-state index in [2.05, 4.69) is 41.4 Å². The number of aliphatic hydroxyl groups is 1. The number of para-hydroxylation sites is 2. The summed E-state index contributed by atoms with van der Waals surface area (Å²) in [5, 5.41) is 15.0. The van der Waals surface area contributed by atoms with Crippen LogP contribution in [-0.4, -0.2) is 40.3 Å². The molecule has 0 radical (unpaired) electrons. The second kappa shape index (κ2) is 8.15. The first-order valence-electron chi connectivity index (χ1n) is 8.46. The van der Waals surface area contributed by atoms with Crippen molar-refractivity contribution in [2.45, 2.75) is 46.1 Å². The Balaban J connectivity index is 1.70. The zero-order valence-corrected chi connectivity index (χ0v) is 14.7. The van der Waals surface area contributed by atoms with Crippen LogP contribution < -0.4 is 10.6 Å². The van der Waals surface area contributed by atoms with E-state index in [4.69, 9.17) is 0 Å². The SMILES string of the molecule is CC(C)(C)CC(CO)NC(=O)NCCCc1nc2ccccc2[nH]1. The molecule has 6 heteroatoms. The summed E-state index contributed by atoms with van der Waals surface area (Å²) < 4.78 is 0. The number of hydrogen-bond donors (Lipinski definition) is 4. The number of benzene rings is 1. The number of nitrogens with one attached hydrogen (secondary N) is 3. The van der Waals surface area contributed by atoms with Crippen LogP contribution in [0.1, 0.15) is 39.4 Å². The number of aromatic nitrogens is 2. The van der Waals surface area contributed by atoms with E-state index in [1.54, 1.807) is 0 Å². The molecular formula is C18H28N4O2. The van der Waals surface area contributed by atoms with Crippen LogP contribution >= 0.6 is 0 Å². The number of imidazole rings is 1. The summed E-state index contributed by atoms with van der Waals surface area (Å²) in [4.78, 5) is 19.7. The van der Waals surface area contributed by atoms with Crippen LogP contribution in [0.5, 0.6) is 0 Å². The van der Waals surface area contributed by atoms with Crippen molar-refractivity contribution in [3.63, 3.8) is 0 Å². The third kappa shape index (κ3) is 5.85. The molecule has 2 amide bonds. The van der Waals surface area contributed by atoms with E-state index in [-0.39, 0.29) is 24.1 Å². The summed E-state index contributed by atoms with van der Waals surface area (Å²) in [5.74, 6) is 0.930. The topological polar surface area (TPSA) is 90.0 Å². The summed E-state index contributed by atoms with van der Waals surface area (Å²) in [5.41, 5.74) is 2.06. The van der Waals surface area contributed by atoms with Crippen LogP contribution in [0.2, 0.25) is 0 Å². The first-order chi connectivity index (χ1) is 11.4. The monoisotopic (exact) mass is 332 g/mol. The Morgan fingerprint density at radius 2 is 2.08 bits per heavy atom. The second-order valence-electron chi connectivity index (χ2n) is 7.35. The van der Waals surface area contributed by atoms with Gasteiger partial charge in [0.05, 0.1) is 23.7 Å². The number of nitrogens with zero attached hydrogens (tertiary/aromatic N) is 1. The summed E-state index contributed by atoms with van der Waals surface area (Å²) in [6, 6.07) is 7.47. The van der Waals surface area contributed by atoms with E-state index in [9.17, 15) is 9.90 Å². The molecule has 0 saturated heterocycles. The normalized spacial score (nSPS) is 13.0. The Labute approximate surface area is 143 Å². The number of carbonyl (C=O) groups excluding carboxylic acids is 1. The van der Waals surface area contributed by atoms with Gasteiger partial charge in [0, 0.05) is 13.0 Å². The molecule has 1 heterocycles. The van der Waals surface area contributed by atoms with Crippen molar-refractivity contribution in [1.29, 1.82) is 0 Å². The summed E-state index contributed by atoms with van der Waals surface area (Å²) in [6.45, 7) is 6.77. The van der Waals surface area contributed by atoms with E-state index in [1.807, 2.05) is 24.3 Å².